The molecular weight excluding hydrogens is 180 g/mol. The molecule has 2 heterocycles. The van der Waals surface area contributed by atoms with Gasteiger partial charge in [0.1, 0.15) is 0 Å². The lowest BCUT2D eigenvalue weighted by molar-refractivity contribution is 0.688. The van der Waals surface area contributed by atoms with Crippen molar-refractivity contribution in [2.75, 3.05) is 0 Å². The summed E-state index contributed by atoms with van der Waals surface area (Å²) in [6.07, 6.45) is 3.30. The molecule has 5 heteroatoms. The predicted molar refractivity (Wildman–Crippen MR) is 44.9 cm³/mol. The van der Waals surface area contributed by atoms with E-state index in [2.05, 4.69) is 9.97 Å². The van der Waals surface area contributed by atoms with Crippen LogP contribution in [-0.4, -0.2) is 14.2 Å². The minimum absolute atomic E-state index is 0.423. The maximum absolute atomic E-state index is 11.1. The highest BCUT2D eigenvalue weighted by atomic mass is 32.2. The molecule has 0 aromatic carbocycles. The zero-order valence-electron chi connectivity index (χ0n) is 5.40. The first-order valence-corrected chi connectivity index (χ1v) is 4.57. The molecule has 1 aromatic rings. The SMILES string of the molecule is O=S1C=Cc2[nH]c(=S)ncc21. The number of nitrogens with zero attached hydrogens (tertiary/aromatic N) is 1. The summed E-state index contributed by atoms with van der Waals surface area (Å²) in [7, 11) is -1.03. The van der Waals surface area contributed by atoms with Crippen LogP contribution in [0.1, 0.15) is 5.69 Å². The number of rotatable bonds is 0. The van der Waals surface area contributed by atoms with Crippen LogP contribution in [0.25, 0.3) is 6.08 Å². The normalized spacial score (nSPS) is 20.2. The Morgan fingerprint density at radius 3 is 3.27 bits per heavy atom. The fourth-order valence-electron chi connectivity index (χ4n) is 0.883. The van der Waals surface area contributed by atoms with E-state index < -0.39 is 10.8 Å². The Bertz CT molecular complexity index is 407. The maximum atomic E-state index is 11.1. The molecule has 1 atom stereocenters. The van der Waals surface area contributed by atoms with Gasteiger partial charge in [0.05, 0.1) is 21.4 Å². The van der Waals surface area contributed by atoms with Gasteiger partial charge >= 0.3 is 0 Å². The van der Waals surface area contributed by atoms with Gasteiger partial charge in [0.15, 0.2) is 4.77 Å². The topological polar surface area (TPSA) is 45.8 Å². The number of fused-ring (bicyclic) bond motifs is 1. The van der Waals surface area contributed by atoms with Crippen molar-refractivity contribution in [2.24, 2.45) is 0 Å². The molecule has 1 unspecified atom stereocenters. The minimum Gasteiger partial charge on any atom is -0.330 e. The van der Waals surface area contributed by atoms with E-state index in [1.54, 1.807) is 17.7 Å². The van der Waals surface area contributed by atoms with Crippen molar-refractivity contribution in [3.8, 4) is 0 Å². The van der Waals surface area contributed by atoms with Gasteiger partial charge in [-0.25, -0.2) is 9.19 Å². The van der Waals surface area contributed by atoms with Crippen molar-refractivity contribution in [1.82, 2.24) is 9.97 Å². The molecule has 56 valence electrons. The second-order valence-corrected chi connectivity index (χ2v) is 3.76. The largest absolute Gasteiger partial charge is 0.330 e. The molecule has 0 bridgehead atoms. The second-order valence-electron chi connectivity index (χ2n) is 2.07. The first-order chi connectivity index (χ1) is 5.27. The number of aromatic nitrogens is 2. The van der Waals surface area contributed by atoms with E-state index in [1.807, 2.05) is 0 Å². The molecule has 11 heavy (non-hydrogen) atoms. The highest BCUT2D eigenvalue weighted by molar-refractivity contribution is 7.88. The predicted octanol–water partition coefficient (Wildman–Crippen LogP) is 1.23. The third-order valence-electron chi connectivity index (χ3n) is 1.38. The number of H-pyrrole nitrogens is 1. The standard InChI is InChI=1S/C6H4N2OS2/c9-11-2-1-4-5(11)3-7-6(10)8-4/h1-3H,(H,7,8,10). The molecule has 0 saturated carbocycles. The van der Waals surface area contributed by atoms with Crippen LogP contribution in [0, 0.1) is 4.77 Å². The van der Waals surface area contributed by atoms with Crippen LogP contribution in [0.3, 0.4) is 0 Å². The fourth-order valence-corrected chi connectivity index (χ4v) is 1.94. The van der Waals surface area contributed by atoms with Crippen LogP contribution >= 0.6 is 12.2 Å². The van der Waals surface area contributed by atoms with E-state index in [1.165, 1.54) is 0 Å². The monoisotopic (exact) mass is 184 g/mol. The molecule has 1 aromatic heterocycles. The maximum Gasteiger partial charge on any atom is 0.197 e. The quantitative estimate of drug-likeness (QED) is 0.617. The van der Waals surface area contributed by atoms with Crippen LogP contribution in [-0.2, 0) is 10.8 Å². The number of nitrogens with one attached hydrogen (secondary N) is 1. The average Bonchev–Trinajstić information content (AvgIpc) is 2.32. The van der Waals surface area contributed by atoms with Crippen LogP contribution in [0.5, 0.6) is 0 Å². The van der Waals surface area contributed by atoms with Crippen molar-refractivity contribution in [1.29, 1.82) is 0 Å². The van der Waals surface area contributed by atoms with Gasteiger partial charge in [0.25, 0.3) is 0 Å². The summed E-state index contributed by atoms with van der Waals surface area (Å²) in [4.78, 5) is 7.38. The molecule has 0 aliphatic carbocycles. The van der Waals surface area contributed by atoms with Crippen molar-refractivity contribution in [3.05, 3.63) is 22.1 Å². The van der Waals surface area contributed by atoms with Gasteiger partial charge in [-0.15, -0.1) is 0 Å². The third-order valence-corrected chi connectivity index (χ3v) is 2.73. The summed E-state index contributed by atoms with van der Waals surface area (Å²) >= 11 is 4.79. The van der Waals surface area contributed by atoms with Crippen LogP contribution in [0.2, 0.25) is 0 Å². The molecule has 2 rings (SSSR count). The molecule has 0 amide bonds. The molecule has 0 radical (unpaired) electrons. The Labute approximate surface area is 70.6 Å². The van der Waals surface area contributed by atoms with E-state index in [-0.39, 0.29) is 0 Å². The van der Waals surface area contributed by atoms with Crippen LogP contribution in [0.4, 0.5) is 0 Å². The Balaban J connectivity index is 2.76. The van der Waals surface area contributed by atoms with Gasteiger partial charge < -0.3 is 4.98 Å². The fraction of sp³-hybridized carbons (Fsp3) is 0. The van der Waals surface area contributed by atoms with Crippen LogP contribution < -0.4 is 0 Å². The van der Waals surface area contributed by atoms with Crippen molar-refractivity contribution in [3.63, 3.8) is 0 Å². The second kappa shape index (κ2) is 2.35. The van der Waals surface area contributed by atoms with Gasteiger partial charge in [-0.1, -0.05) is 0 Å². The average molecular weight is 184 g/mol. The molecule has 3 nitrogen and oxygen atoms in total. The Hall–Kier alpha value is -0.810. The molecule has 1 aliphatic heterocycles. The molecule has 0 spiro atoms. The van der Waals surface area contributed by atoms with Crippen molar-refractivity contribution >= 4 is 29.1 Å². The molecule has 1 aliphatic rings. The lowest BCUT2D eigenvalue weighted by Crippen LogP contribution is -1.90. The molecular formula is C6H4N2OS2. The minimum atomic E-state index is -1.03. The summed E-state index contributed by atoms with van der Waals surface area (Å²) in [6, 6.07) is 0. The van der Waals surface area contributed by atoms with Gasteiger partial charge in [0, 0.05) is 11.6 Å². The summed E-state index contributed by atoms with van der Waals surface area (Å²) in [6.45, 7) is 0. The first-order valence-electron chi connectivity index (χ1n) is 2.95. The van der Waals surface area contributed by atoms with E-state index in [0.29, 0.717) is 9.67 Å². The highest BCUT2D eigenvalue weighted by Crippen LogP contribution is 2.19. The highest BCUT2D eigenvalue weighted by Gasteiger charge is 2.11. The lowest BCUT2D eigenvalue weighted by atomic mass is 10.4. The Morgan fingerprint density at radius 1 is 1.64 bits per heavy atom. The number of hydrogen-bond acceptors (Lipinski definition) is 3. The van der Waals surface area contributed by atoms with Gasteiger partial charge in [-0.3, -0.25) is 0 Å². The van der Waals surface area contributed by atoms with E-state index in [0.717, 1.165) is 5.69 Å². The Kier molecular flexibility index (Phi) is 1.47. The summed E-state index contributed by atoms with van der Waals surface area (Å²) in [5.74, 6) is 0. The molecule has 0 saturated heterocycles. The van der Waals surface area contributed by atoms with Gasteiger partial charge in [-0.05, 0) is 18.3 Å². The zero-order valence-corrected chi connectivity index (χ0v) is 7.04. The smallest absolute Gasteiger partial charge is 0.197 e. The van der Waals surface area contributed by atoms with Crippen LogP contribution in [0.15, 0.2) is 16.5 Å². The van der Waals surface area contributed by atoms with Gasteiger partial charge in [-0.2, -0.15) is 0 Å². The molecule has 1 N–H and O–H groups in total. The summed E-state index contributed by atoms with van der Waals surface area (Å²) in [5.41, 5.74) is 0.809. The van der Waals surface area contributed by atoms with E-state index in [9.17, 15) is 4.21 Å². The van der Waals surface area contributed by atoms with Crippen molar-refractivity contribution < 1.29 is 4.21 Å². The summed E-state index contributed by atoms with van der Waals surface area (Å²) in [5, 5.41) is 1.61. The molecule has 0 fully saturated rings. The van der Waals surface area contributed by atoms with Gasteiger partial charge in [0.2, 0.25) is 0 Å². The van der Waals surface area contributed by atoms with Crippen molar-refractivity contribution in [2.45, 2.75) is 4.90 Å². The first kappa shape index (κ1) is 6.87. The lowest BCUT2D eigenvalue weighted by Gasteiger charge is -1.93. The summed E-state index contributed by atoms with van der Waals surface area (Å²) < 4.78 is 11.5. The van der Waals surface area contributed by atoms with E-state index >= 15 is 0 Å². The zero-order chi connectivity index (χ0) is 7.84. The Morgan fingerprint density at radius 2 is 2.45 bits per heavy atom. The number of aromatic amines is 1. The third kappa shape index (κ3) is 1.06. The number of hydrogen-bond donors (Lipinski definition) is 1. The van der Waals surface area contributed by atoms with E-state index in [4.69, 9.17) is 12.2 Å².